The molecule has 2 aromatic rings. The lowest BCUT2D eigenvalue weighted by atomic mass is 10.0. The van der Waals surface area contributed by atoms with Gasteiger partial charge in [-0.25, -0.2) is 0 Å². The number of hydrogen-bond acceptors (Lipinski definition) is 3. The summed E-state index contributed by atoms with van der Waals surface area (Å²) in [6.45, 7) is 4.83. The molecule has 0 radical (unpaired) electrons. The molecule has 1 aliphatic heterocycles. The topological polar surface area (TPSA) is 41.6 Å². The molecule has 1 N–H and O–H groups in total. The summed E-state index contributed by atoms with van der Waals surface area (Å²) in [4.78, 5) is 14.9. The third kappa shape index (κ3) is 4.64. The Balaban J connectivity index is 1.67. The lowest BCUT2D eigenvalue weighted by Crippen LogP contribution is -2.37. The van der Waals surface area contributed by atoms with E-state index in [1.165, 1.54) is 18.4 Å². The molecule has 138 valence electrons. The van der Waals surface area contributed by atoms with Crippen molar-refractivity contribution in [2.24, 2.45) is 0 Å². The maximum Gasteiger partial charge on any atom is 0.224 e. The first kappa shape index (κ1) is 18.5. The normalized spacial score (nSPS) is 15.6. The number of aryl methyl sites for hydroxylation is 1. The minimum atomic E-state index is 0.0754. The lowest BCUT2D eigenvalue weighted by Gasteiger charge is -2.28. The van der Waals surface area contributed by atoms with Gasteiger partial charge in [-0.1, -0.05) is 36.4 Å². The summed E-state index contributed by atoms with van der Waals surface area (Å²) in [6, 6.07) is 16.4. The van der Waals surface area contributed by atoms with Crippen molar-refractivity contribution in [1.82, 2.24) is 10.2 Å². The number of nitrogens with one attached hydrogen (secondary N) is 1. The van der Waals surface area contributed by atoms with E-state index in [4.69, 9.17) is 4.74 Å². The highest BCUT2D eigenvalue weighted by molar-refractivity contribution is 5.79. The van der Waals surface area contributed by atoms with Crippen LogP contribution >= 0.6 is 0 Å². The molecule has 2 aromatic carbocycles. The van der Waals surface area contributed by atoms with E-state index in [0.29, 0.717) is 13.0 Å². The van der Waals surface area contributed by atoms with E-state index in [0.717, 1.165) is 30.0 Å². The molecule has 26 heavy (non-hydrogen) atoms. The van der Waals surface area contributed by atoms with Crippen LogP contribution in [0.3, 0.4) is 0 Å². The number of methoxy groups -OCH3 is 1. The van der Waals surface area contributed by atoms with Crippen molar-refractivity contribution in [3.05, 3.63) is 65.2 Å². The molecule has 1 aliphatic rings. The maximum atomic E-state index is 12.5. The fourth-order valence-electron chi connectivity index (χ4n) is 3.61. The van der Waals surface area contributed by atoms with E-state index < -0.39 is 0 Å². The van der Waals surface area contributed by atoms with Gasteiger partial charge in [-0.3, -0.25) is 9.69 Å². The summed E-state index contributed by atoms with van der Waals surface area (Å²) in [5.41, 5.74) is 3.44. The zero-order valence-corrected chi connectivity index (χ0v) is 15.7. The van der Waals surface area contributed by atoms with Gasteiger partial charge in [-0.15, -0.1) is 0 Å². The summed E-state index contributed by atoms with van der Waals surface area (Å²) < 4.78 is 5.38. The molecule has 4 heteroatoms. The van der Waals surface area contributed by atoms with E-state index in [-0.39, 0.29) is 11.9 Å². The number of likely N-dealkylation sites (tertiary alicyclic amines) is 1. The average Bonchev–Trinajstić information content (AvgIpc) is 3.18. The van der Waals surface area contributed by atoms with Crippen molar-refractivity contribution >= 4 is 5.91 Å². The minimum absolute atomic E-state index is 0.0754. The van der Waals surface area contributed by atoms with Crippen LogP contribution in [0.5, 0.6) is 5.75 Å². The highest BCUT2D eigenvalue weighted by Gasteiger charge is 2.24. The molecule has 0 aromatic heterocycles. The van der Waals surface area contributed by atoms with Gasteiger partial charge in [0.1, 0.15) is 5.75 Å². The average molecular weight is 352 g/mol. The van der Waals surface area contributed by atoms with E-state index in [1.54, 1.807) is 7.11 Å². The molecule has 3 rings (SSSR count). The van der Waals surface area contributed by atoms with Gasteiger partial charge < -0.3 is 10.1 Å². The Hall–Kier alpha value is -2.33. The molecular formula is C22H28N2O2. The number of benzene rings is 2. The van der Waals surface area contributed by atoms with Crippen LogP contribution in [0.1, 0.15) is 35.6 Å². The summed E-state index contributed by atoms with van der Waals surface area (Å²) in [5.74, 6) is 0.935. The number of carbonyl (C=O) groups is 1. The quantitative estimate of drug-likeness (QED) is 0.829. The van der Waals surface area contributed by atoms with Crippen molar-refractivity contribution in [3.8, 4) is 5.75 Å². The Morgan fingerprint density at radius 1 is 1.15 bits per heavy atom. The van der Waals surface area contributed by atoms with Gasteiger partial charge in [0, 0.05) is 6.54 Å². The number of carbonyl (C=O) groups excluding carboxylic acids is 1. The predicted octanol–water partition coefficient (Wildman–Crippen LogP) is 3.50. The molecule has 1 fully saturated rings. The number of rotatable bonds is 7. The van der Waals surface area contributed by atoms with E-state index >= 15 is 0 Å². The second-order valence-electron chi connectivity index (χ2n) is 6.94. The largest absolute Gasteiger partial charge is 0.497 e. The number of ether oxygens (including phenoxy) is 1. The van der Waals surface area contributed by atoms with Gasteiger partial charge >= 0.3 is 0 Å². The standard InChI is InChI=1S/C22H28N2O2/c1-17-8-3-4-9-18(17)15-22(25)23-16-21(24-12-5-6-13-24)19-10-7-11-20(14-19)26-2/h3-4,7-11,14,21H,5-6,12-13,15-16H2,1-2H3,(H,23,25). The van der Waals surface area contributed by atoms with Crippen LogP contribution in [-0.2, 0) is 11.2 Å². The lowest BCUT2D eigenvalue weighted by molar-refractivity contribution is -0.120. The second-order valence-corrected chi connectivity index (χ2v) is 6.94. The SMILES string of the molecule is COc1cccc(C(CNC(=O)Cc2ccccc2C)N2CCCC2)c1. The molecule has 1 unspecified atom stereocenters. The van der Waals surface area contributed by atoms with Gasteiger partial charge in [-0.05, 0) is 61.7 Å². The fourth-order valence-corrected chi connectivity index (χ4v) is 3.61. The summed E-state index contributed by atoms with van der Waals surface area (Å²) in [5, 5.41) is 3.15. The number of hydrogen-bond donors (Lipinski definition) is 1. The van der Waals surface area contributed by atoms with Gasteiger partial charge in [0.05, 0.1) is 19.6 Å². The first-order chi connectivity index (χ1) is 12.7. The second kappa shape index (κ2) is 8.86. The van der Waals surface area contributed by atoms with E-state index in [1.807, 2.05) is 43.3 Å². The van der Waals surface area contributed by atoms with Crippen LogP contribution in [0.15, 0.2) is 48.5 Å². The third-order valence-electron chi connectivity index (χ3n) is 5.16. The third-order valence-corrected chi connectivity index (χ3v) is 5.16. The Kier molecular flexibility index (Phi) is 6.29. The van der Waals surface area contributed by atoms with Crippen LogP contribution < -0.4 is 10.1 Å². The molecule has 0 saturated carbocycles. The zero-order valence-electron chi connectivity index (χ0n) is 15.7. The van der Waals surface area contributed by atoms with E-state index in [2.05, 4.69) is 22.3 Å². The van der Waals surface area contributed by atoms with Crippen LogP contribution in [0.25, 0.3) is 0 Å². The predicted molar refractivity (Wildman–Crippen MR) is 104 cm³/mol. The Bertz CT molecular complexity index is 738. The molecule has 1 heterocycles. The summed E-state index contributed by atoms with van der Waals surface area (Å²) >= 11 is 0. The van der Waals surface area contributed by atoms with Gasteiger partial charge in [0.25, 0.3) is 0 Å². The summed E-state index contributed by atoms with van der Waals surface area (Å²) in [6.07, 6.45) is 2.87. The van der Waals surface area contributed by atoms with Crippen molar-refractivity contribution < 1.29 is 9.53 Å². The van der Waals surface area contributed by atoms with Crippen LogP contribution in [0.2, 0.25) is 0 Å². The van der Waals surface area contributed by atoms with Crippen molar-refractivity contribution in [2.75, 3.05) is 26.7 Å². The summed E-state index contributed by atoms with van der Waals surface area (Å²) in [7, 11) is 1.69. The van der Waals surface area contributed by atoms with Gasteiger partial charge in [0.15, 0.2) is 0 Å². The molecule has 0 aliphatic carbocycles. The smallest absolute Gasteiger partial charge is 0.224 e. The Labute approximate surface area is 156 Å². The first-order valence-electron chi connectivity index (χ1n) is 9.36. The molecular weight excluding hydrogens is 324 g/mol. The van der Waals surface area contributed by atoms with Crippen LogP contribution in [0, 0.1) is 6.92 Å². The maximum absolute atomic E-state index is 12.5. The van der Waals surface area contributed by atoms with E-state index in [9.17, 15) is 4.79 Å². The molecule has 1 amide bonds. The molecule has 4 nitrogen and oxygen atoms in total. The van der Waals surface area contributed by atoms with Crippen molar-refractivity contribution in [3.63, 3.8) is 0 Å². The minimum Gasteiger partial charge on any atom is -0.497 e. The van der Waals surface area contributed by atoms with Crippen LogP contribution in [0.4, 0.5) is 0 Å². The molecule has 0 bridgehead atoms. The number of nitrogens with zero attached hydrogens (tertiary/aromatic N) is 1. The van der Waals surface area contributed by atoms with Crippen molar-refractivity contribution in [2.45, 2.75) is 32.2 Å². The fraction of sp³-hybridized carbons (Fsp3) is 0.409. The number of amides is 1. The molecule has 0 spiro atoms. The Morgan fingerprint density at radius 3 is 2.65 bits per heavy atom. The highest BCUT2D eigenvalue weighted by atomic mass is 16.5. The van der Waals surface area contributed by atoms with Crippen LogP contribution in [-0.4, -0.2) is 37.6 Å². The Morgan fingerprint density at radius 2 is 1.92 bits per heavy atom. The zero-order chi connectivity index (χ0) is 18.4. The highest BCUT2D eigenvalue weighted by Crippen LogP contribution is 2.27. The van der Waals surface area contributed by atoms with Gasteiger partial charge in [0.2, 0.25) is 5.91 Å². The monoisotopic (exact) mass is 352 g/mol. The van der Waals surface area contributed by atoms with Gasteiger partial charge in [-0.2, -0.15) is 0 Å². The molecule has 1 atom stereocenters. The first-order valence-corrected chi connectivity index (χ1v) is 9.36. The van der Waals surface area contributed by atoms with Crippen molar-refractivity contribution in [1.29, 1.82) is 0 Å². The molecule has 1 saturated heterocycles.